The maximum atomic E-state index is 12.5. The van der Waals surface area contributed by atoms with E-state index < -0.39 is 16.8 Å². The molecule has 0 aliphatic rings. The molecular formula is C25H19N3O6. The van der Waals surface area contributed by atoms with Crippen LogP contribution in [-0.2, 0) is 4.79 Å². The van der Waals surface area contributed by atoms with Gasteiger partial charge in [-0.15, -0.1) is 0 Å². The number of esters is 1. The zero-order valence-corrected chi connectivity index (χ0v) is 18.3. The van der Waals surface area contributed by atoms with Gasteiger partial charge in [0.25, 0.3) is 11.6 Å². The van der Waals surface area contributed by atoms with E-state index >= 15 is 0 Å². The molecule has 9 nitrogen and oxygen atoms in total. The minimum absolute atomic E-state index is 0.171. The van der Waals surface area contributed by atoms with Crippen LogP contribution in [0.15, 0.2) is 72.3 Å². The van der Waals surface area contributed by atoms with E-state index in [1.807, 2.05) is 13.0 Å². The predicted octanol–water partition coefficient (Wildman–Crippen LogP) is 4.68. The number of nitrogens with zero attached hydrogens (tertiary/aromatic N) is 2. The molecular weight excluding hydrogens is 438 g/mol. The van der Waals surface area contributed by atoms with Crippen molar-refractivity contribution in [1.82, 2.24) is 0 Å². The Bertz CT molecular complexity index is 1320. The Morgan fingerprint density at radius 2 is 1.79 bits per heavy atom. The third-order valence-electron chi connectivity index (χ3n) is 4.67. The zero-order valence-electron chi connectivity index (χ0n) is 18.3. The summed E-state index contributed by atoms with van der Waals surface area (Å²) in [6.45, 7) is 1.91. The van der Waals surface area contributed by atoms with E-state index in [2.05, 4.69) is 5.32 Å². The summed E-state index contributed by atoms with van der Waals surface area (Å²) in [7, 11) is 1.40. The fourth-order valence-corrected chi connectivity index (χ4v) is 2.92. The first kappa shape index (κ1) is 23.7. The highest BCUT2D eigenvalue weighted by Gasteiger charge is 2.15. The lowest BCUT2D eigenvalue weighted by atomic mass is 10.1. The van der Waals surface area contributed by atoms with Gasteiger partial charge in [-0.1, -0.05) is 29.8 Å². The minimum atomic E-state index is -0.739. The van der Waals surface area contributed by atoms with Gasteiger partial charge in [-0.3, -0.25) is 14.9 Å². The average Bonchev–Trinajstić information content (AvgIpc) is 2.83. The number of amides is 1. The topological polar surface area (TPSA) is 132 Å². The lowest BCUT2D eigenvalue weighted by Gasteiger charge is -2.10. The van der Waals surface area contributed by atoms with Crippen LogP contribution in [0.5, 0.6) is 11.5 Å². The average molecular weight is 457 g/mol. The summed E-state index contributed by atoms with van der Waals surface area (Å²) in [5.41, 5.74) is 1.57. The van der Waals surface area contributed by atoms with Crippen LogP contribution < -0.4 is 14.8 Å². The van der Waals surface area contributed by atoms with Crippen LogP contribution in [0.4, 0.5) is 11.4 Å². The van der Waals surface area contributed by atoms with Gasteiger partial charge in [-0.2, -0.15) is 5.26 Å². The van der Waals surface area contributed by atoms with Crippen LogP contribution in [0.2, 0.25) is 0 Å². The van der Waals surface area contributed by atoms with Crippen molar-refractivity contribution in [2.45, 2.75) is 6.92 Å². The van der Waals surface area contributed by atoms with E-state index in [0.29, 0.717) is 11.1 Å². The Balaban J connectivity index is 1.79. The molecule has 0 atom stereocenters. The number of rotatable bonds is 7. The Kier molecular flexibility index (Phi) is 7.36. The fraction of sp³-hybridized carbons (Fsp3) is 0.0800. The first-order valence-electron chi connectivity index (χ1n) is 9.95. The first-order valence-corrected chi connectivity index (χ1v) is 9.95. The second-order valence-electron chi connectivity index (χ2n) is 7.10. The highest BCUT2D eigenvalue weighted by atomic mass is 16.6. The van der Waals surface area contributed by atoms with Crippen molar-refractivity contribution in [2.24, 2.45) is 0 Å². The molecule has 170 valence electrons. The van der Waals surface area contributed by atoms with Crippen LogP contribution in [0, 0.1) is 28.4 Å². The van der Waals surface area contributed by atoms with Crippen molar-refractivity contribution in [3.63, 3.8) is 0 Å². The number of nitro benzene ring substituents is 1. The van der Waals surface area contributed by atoms with E-state index in [1.165, 1.54) is 49.6 Å². The largest absolute Gasteiger partial charge is 0.493 e. The van der Waals surface area contributed by atoms with Crippen LogP contribution in [0.3, 0.4) is 0 Å². The molecule has 0 bridgehead atoms. The number of methoxy groups -OCH3 is 1. The molecule has 0 aliphatic heterocycles. The maximum absolute atomic E-state index is 12.5. The van der Waals surface area contributed by atoms with Crippen molar-refractivity contribution in [1.29, 1.82) is 5.26 Å². The number of aryl methyl sites for hydroxylation is 1. The minimum Gasteiger partial charge on any atom is -0.493 e. The van der Waals surface area contributed by atoms with Crippen LogP contribution in [-0.4, -0.2) is 23.9 Å². The number of nitriles is 1. The number of hydrogen-bond donors (Lipinski definition) is 1. The van der Waals surface area contributed by atoms with Crippen molar-refractivity contribution in [3.8, 4) is 17.6 Å². The van der Waals surface area contributed by atoms with Gasteiger partial charge in [0.05, 0.1) is 17.6 Å². The molecule has 3 rings (SSSR count). The number of benzene rings is 3. The molecule has 9 heteroatoms. The predicted molar refractivity (Wildman–Crippen MR) is 124 cm³/mol. The van der Waals surface area contributed by atoms with Gasteiger partial charge in [-0.25, -0.2) is 4.79 Å². The summed E-state index contributed by atoms with van der Waals surface area (Å²) in [5.74, 6) is -0.900. The van der Waals surface area contributed by atoms with Gasteiger partial charge in [0.2, 0.25) is 0 Å². The van der Waals surface area contributed by atoms with Gasteiger partial charge in [0, 0.05) is 17.8 Å². The van der Waals surface area contributed by atoms with Gasteiger partial charge in [0.1, 0.15) is 11.6 Å². The smallest absolute Gasteiger partial charge is 0.343 e. The van der Waals surface area contributed by atoms with Gasteiger partial charge in [0.15, 0.2) is 11.5 Å². The number of hydrogen-bond acceptors (Lipinski definition) is 7. The van der Waals surface area contributed by atoms with Gasteiger partial charge in [-0.05, 0) is 48.9 Å². The quantitative estimate of drug-likeness (QED) is 0.136. The molecule has 0 fully saturated rings. The number of ether oxygens (including phenoxy) is 2. The second kappa shape index (κ2) is 10.6. The first-order chi connectivity index (χ1) is 16.3. The van der Waals surface area contributed by atoms with Crippen LogP contribution in [0.1, 0.15) is 21.5 Å². The second-order valence-corrected chi connectivity index (χ2v) is 7.10. The molecule has 0 aromatic heterocycles. The van der Waals surface area contributed by atoms with Gasteiger partial charge < -0.3 is 14.8 Å². The molecule has 0 saturated heterocycles. The number of carbonyl (C=O) groups excluding carboxylic acids is 2. The van der Waals surface area contributed by atoms with Gasteiger partial charge >= 0.3 is 5.97 Å². The number of nitro groups is 1. The molecule has 0 spiro atoms. The van der Waals surface area contributed by atoms with E-state index in [4.69, 9.17) is 9.47 Å². The Morgan fingerprint density at radius 1 is 1.06 bits per heavy atom. The summed E-state index contributed by atoms with van der Waals surface area (Å²) >= 11 is 0. The summed E-state index contributed by atoms with van der Waals surface area (Å²) < 4.78 is 10.7. The standard InChI is InChI=1S/C25H19N3O6/c1-16-6-9-18(10-7-16)25(30)34-22-11-8-17(13-23(22)33-2)12-19(15-26)24(29)27-20-4-3-5-21(14-20)28(31)32/h3-14H,1-2H3,(H,27,29)/b19-12+. The fourth-order valence-electron chi connectivity index (χ4n) is 2.92. The third-order valence-corrected chi connectivity index (χ3v) is 4.67. The molecule has 0 unspecified atom stereocenters. The number of anilines is 1. The number of non-ortho nitro benzene ring substituents is 1. The molecule has 34 heavy (non-hydrogen) atoms. The molecule has 0 aliphatic carbocycles. The number of nitrogens with one attached hydrogen (secondary N) is 1. The lowest BCUT2D eigenvalue weighted by Crippen LogP contribution is -2.13. The Hall–Kier alpha value is -4.97. The molecule has 3 aromatic carbocycles. The summed E-state index contributed by atoms with van der Waals surface area (Å²) in [5, 5.41) is 22.8. The molecule has 0 heterocycles. The van der Waals surface area contributed by atoms with Crippen LogP contribution in [0.25, 0.3) is 6.08 Å². The van der Waals surface area contributed by atoms with E-state index in [1.54, 1.807) is 30.3 Å². The zero-order chi connectivity index (χ0) is 24.7. The van der Waals surface area contributed by atoms with E-state index in [0.717, 1.165) is 5.56 Å². The van der Waals surface area contributed by atoms with Crippen molar-refractivity contribution in [2.75, 3.05) is 12.4 Å². The van der Waals surface area contributed by atoms with E-state index in [-0.39, 0.29) is 28.4 Å². The molecule has 1 N–H and O–H groups in total. The SMILES string of the molecule is COc1cc(/C=C(\C#N)C(=O)Nc2cccc([N+](=O)[O-])c2)ccc1OC(=O)c1ccc(C)cc1. The third kappa shape index (κ3) is 5.83. The summed E-state index contributed by atoms with van der Waals surface area (Å²) in [6, 6.07) is 18.6. The summed E-state index contributed by atoms with van der Waals surface area (Å²) in [4.78, 5) is 35.2. The van der Waals surface area contributed by atoms with Crippen molar-refractivity contribution in [3.05, 3.63) is 99.1 Å². The molecule has 1 amide bonds. The van der Waals surface area contributed by atoms with Crippen LogP contribution >= 0.6 is 0 Å². The Labute approximate surface area is 195 Å². The molecule has 0 radical (unpaired) electrons. The number of carbonyl (C=O) groups is 2. The maximum Gasteiger partial charge on any atom is 0.343 e. The lowest BCUT2D eigenvalue weighted by molar-refractivity contribution is -0.384. The Morgan fingerprint density at radius 3 is 2.44 bits per heavy atom. The van der Waals surface area contributed by atoms with E-state index in [9.17, 15) is 25.0 Å². The molecule has 0 saturated carbocycles. The highest BCUT2D eigenvalue weighted by molar-refractivity contribution is 6.09. The molecule has 3 aromatic rings. The summed E-state index contributed by atoms with van der Waals surface area (Å²) in [6.07, 6.45) is 1.32. The normalized spacial score (nSPS) is 10.7. The monoisotopic (exact) mass is 457 g/mol. The van der Waals surface area contributed by atoms with Crippen molar-refractivity contribution >= 4 is 29.3 Å². The highest BCUT2D eigenvalue weighted by Crippen LogP contribution is 2.30. The van der Waals surface area contributed by atoms with Crippen molar-refractivity contribution < 1.29 is 24.0 Å².